The maximum atomic E-state index is 10.6. The monoisotopic (exact) mass is 204 g/mol. The third kappa shape index (κ3) is 1.52. The lowest BCUT2D eigenvalue weighted by Gasteiger charge is -1.95. The molecule has 0 saturated carbocycles. The molecule has 0 N–H and O–H groups in total. The van der Waals surface area contributed by atoms with Crippen LogP contribution in [0, 0.1) is 15.5 Å². The molecule has 3 nitrogen and oxygen atoms in total. The summed E-state index contributed by atoms with van der Waals surface area (Å²) in [4.78, 5) is 10.3. The number of rotatable bonds is 2. The van der Waals surface area contributed by atoms with E-state index in [1.165, 1.54) is 16.7 Å². The highest BCUT2D eigenvalue weighted by molar-refractivity contribution is 7.08. The zero-order valence-electron chi connectivity index (χ0n) is 7.14. The number of benzene rings is 1. The molecule has 1 aromatic heterocycles. The largest absolute Gasteiger partial charge is 0.288 e. The summed E-state index contributed by atoms with van der Waals surface area (Å²) in [6.45, 7) is 0. The predicted octanol–water partition coefficient (Wildman–Crippen LogP) is 3.12. The SMILES string of the molecule is O=[N+]([O-])c1cs[c]c1-c1ccccc1. The summed E-state index contributed by atoms with van der Waals surface area (Å²) in [6, 6.07) is 9.26. The summed E-state index contributed by atoms with van der Waals surface area (Å²) < 4.78 is 0. The molecule has 0 spiro atoms. The van der Waals surface area contributed by atoms with Gasteiger partial charge in [-0.05, 0) is 5.56 Å². The highest BCUT2D eigenvalue weighted by Crippen LogP contribution is 2.32. The molecule has 0 atom stereocenters. The summed E-state index contributed by atoms with van der Waals surface area (Å²) in [7, 11) is 0. The molecular weight excluding hydrogens is 198 g/mol. The minimum atomic E-state index is -0.380. The van der Waals surface area contributed by atoms with Crippen molar-refractivity contribution in [3.63, 3.8) is 0 Å². The van der Waals surface area contributed by atoms with Crippen LogP contribution in [0.25, 0.3) is 11.1 Å². The summed E-state index contributed by atoms with van der Waals surface area (Å²) in [5, 5.41) is 15.1. The number of hydrogen-bond acceptors (Lipinski definition) is 3. The fraction of sp³-hybridized carbons (Fsp3) is 0. The lowest BCUT2D eigenvalue weighted by molar-refractivity contribution is -0.383. The Kier molecular flexibility index (Phi) is 2.28. The number of nitrogens with zero attached hydrogens (tertiary/aromatic N) is 1. The fourth-order valence-electron chi connectivity index (χ4n) is 1.20. The van der Waals surface area contributed by atoms with Gasteiger partial charge in [0.05, 0.1) is 21.2 Å². The van der Waals surface area contributed by atoms with Crippen LogP contribution in [-0.4, -0.2) is 4.92 Å². The van der Waals surface area contributed by atoms with Crippen LogP contribution in [0.2, 0.25) is 0 Å². The van der Waals surface area contributed by atoms with Crippen molar-refractivity contribution in [1.82, 2.24) is 0 Å². The smallest absolute Gasteiger partial charge is 0.258 e. The van der Waals surface area contributed by atoms with Crippen LogP contribution >= 0.6 is 11.3 Å². The number of nitro groups is 1. The Morgan fingerprint density at radius 3 is 2.64 bits per heavy atom. The minimum absolute atomic E-state index is 0.126. The van der Waals surface area contributed by atoms with E-state index in [1.807, 2.05) is 30.3 Å². The van der Waals surface area contributed by atoms with Crippen molar-refractivity contribution in [3.05, 3.63) is 51.2 Å². The summed E-state index contributed by atoms with van der Waals surface area (Å²) in [5.41, 5.74) is 1.53. The highest BCUT2D eigenvalue weighted by atomic mass is 32.1. The molecule has 2 rings (SSSR count). The van der Waals surface area contributed by atoms with Crippen LogP contribution < -0.4 is 0 Å². The van der Waals surface area contributed by atoms with Crippen LogP contribution in [0.4, 0.5) is 5.69 Å². The molecule has 69 valence electrons. The van der Waals surface area contributed by atoms with Crippen molar-refractivity contribution in [1.29, 1.82) is 0 Å². The maximum absolute atomic E-state index is 10.6. The Bertz CT molecular complexity index is 450. The summed E-state index contributed by atoms with van der Waals surface area (Å²) in [6.07, 6.45) is 0. The first-order valence-electron chi connectivity index (χ1n) is 3.98. The van der Waals surface area contributed by atoms with Crippen molar-refractivity contribution in [2.75, 3.05) is 0 Å². The third-order valence-corrected chi connectivity index (χ3v) is 2.51. The van der Waals surface area contributed by atoms with E-state index >= 15 is 0 Å². The molecule has 1 aromatic carbocycles. The van der Waals surface area contributed by atoms with E-state index in [9.17, 15) is 10.1 Å². The topological polar surface area (TPSA) is 43.1 Å². The van der Waals surface area contributed by atoms with Gasteiger partial charge in [-0.1, -0.05) is 30.3 Å². The van der Waals surface area contributed by atoms with Gasteiger partial charge < -0.3 is 0 Å². The second kappa shape index (κ2) is 3.59. The average molecular weight is 204 g/mol. The molecule has 2 aromatic rings. The van der Waals surface area contributed by atoms with Crippen molar-refractivity contribution >= 4 is 17.0 Å². The van der Waals surface area contributed by atoms with E-state index in [1.54, 1.807) is 0 Å². The van der Waals surface area contributed by atoms with E-state index in [0.717, 1.165) is 5.56 Å². The number of thiophene rings is 1. The molecule has 0 fully saturated rings. The van der Waals surface area contributed by atoms with Gasteiger partial charge in [-0.2, -0.15) is 0 Å². The first-order valence-corrected chi connectivity index (χ1v) is 4.86. The Morgan fingerprint density at radius 1 is 1.29 bits per heavy atom. The molecule has 4 heteroatoms. The van der Waals surface area contributed by atoms with Gasteiger partial charge in [0.25, 0.3) is 5.69 Å². The van der Waals surface area contributed by atoms with Crippen LogP contribution in [0.1, 0.15) is 0 Å². The van der Waals surface area contributed by atoms with Gasteiger partial charge in [-0.15, -0.1) is 11.3 Å². The molecule has 0 amide bonds. The third-order valence-electron chi connectivity index (χ3n) is 1.85. The normalized spacial score (nSPS) is 10.0. The van der Waals surface area contributed by atoms with Crippen molar-refractivity contribution in [3.8, 4) is 11.1 Å². The molecule has 1 heterocycles. The summed E-state index contributed by atoms with van der Waals surface area (Å²) in [5.74, 6) is 0. The van der Waals surface area contributed by atoms with Crippen LogP contribution in [0.3, 0.4) is 0 Å². The van der Waals surface area contributed by atoms with Crippen molar-refractivity contribution in [2.24, 2.45) is 0 Å². The first-order chi connectivity index (χ1) is 6.79. The van der Waals surface area contributed by atoms with Crippen molar-refractivity contribution in [2.45, 2.75) is 0 Å². The second-order valence-electron chi connectivity index (χ2n) is 2.72. The van der Waals surface area contributed by atoms with Gasteiger partial charge in [0.15, 0.2) is 0 Å². The zero-order chi connectivity index (χ0) is 9.97. The Labute approximate surface area is 84.8 Å². The molecule has 1 radical (unpaired) electrons. The fourth-order valence-corrected chi connectivity index (χ4v) is 1.92. The standard InChI is InChI=1S/C10H6NO2S/c12-11(13)10-7-14-6-9(10)8-4-2-1-3-5-8/h1-5,7H. The lowest BCUT2D eigenvalue weighted by Crippen LogP contribution is -1.87. The van der Waals surface area contributed by atoms with Gasteiger partial charge in [-0.3, -0.25) is 10.1 Å². The van der Waals surface area contributed by atoms with Gasteiger partial charge in [0.2, 0.25) is 0 Å². The summed E-state index contributed by atoms with van der Waals surface area (Å²) >= 11 is 1.22. The van der Waals surface area contributed by atoms with Gasteiger partial charge in [0.1, 0.15) is 0 Å². The second-order valence-corrected chi connectivity index (χ2v) is 3.40. The average Bonchev–Trinajstić information content (AvgIpc) is 2.67. The van der Waals surface area contributed by atoms with Gasteiger partial charge in [-0.25, -0.2) is 0 Å². The van der Waals surface area contributed by atoms with E-state index in [2.05, 4.69) is 5.38 Å². The van der Waals surface area contributed by atoms with E-state index in [0.29, 0.717) is 5.56 Å². The molecule has 14 heavy (non-hydrogen) atoms. The quantitative estimate of drug-likeness (QED) is 0.557. The van der Waals surface area contributed by atoms with Gasteiger partial charge in [0, 0.05) is 0 Å². The molecule has 0 aliphatic carbocycles. The van der Waals surface area contributed by atoms with Gasteiger partial charge >= 0.3 is 0 Å². The molecule has 0 aliphatic heterocycles. The zero-order valence-corrected chi connectivity index (χ0v) is 7.95. The van der Waals surface area contributed by atoms with Crippen LogP contribution in [-0.2, 0) is 0 Å². The predicted molar refractivity (Wildman–Crippen MR) is 55.2 cm³/mol. The molecular formula is C10H6NO2S. The first kappa shape index (κ1) is 8.90. The Morgan fingerprint density at radius 2 is 2.00 bits per heavy atom. The Hall–Kier alpha value is -1.68. The van der Waals surface area contributed by atoms with E-state index in [4.69, 9.17) is 0 Å². The molecule has 0 bridgehead atoms. The highest BCUT2D eigenvalue weighted by Gasteiger charge is 2.15. The molecule has 0 unspecified atom stereocenters. The van der Waals surface area contributed by atoms with Crippen molar-refractivity contribution < 1.29 is 4.92 Å². The lowest BCUT2D eigenvalue weighted by atomic mass is 10.1. The number of hydrogen-bond donors (Lipinski definition) is 0. The molecule has 0 aliphatic rings. The van der Waals surface area contributed by atoms with Crippen LogP contribution in [0.5, 0.6) is 0 Å². The molecule has 0 saturated heterocycles. The minimum Gasteiger partial charge on any atom is -0.258 e. The van der Waals surface area contributed by atoms with E-state index < -0.39 is 0 Å². The van der Waals surface area contributed by atoms with E-state index in [-0.39, 0.29) is 10.6 Å². The van der Waals surface area contributed by atoms with Crippen LogP contribution in [0.15, 0.2) is 35.7 Å². The maximum Gasteiger partial charge on any atom is 0.288 e. The Balaban J connectivity index is 2.52.